The molecule has 0 saturated carbocycles. The van der Waals surface area contributed by atoms with Gasteiger partial charge in [-0.05, 0) is 24.7 Å². The molecule has 0 aromatic heterocycles. The number of hydrogen-bond donors (Lipinski definition) is 3. The number of benzene rings is 1. The lowest BCUT2D eigenvalue weighted by molar-refractivity contribution is 0.438. The molecule has 1 aromatic rings. The number of phenolic OH excluding ortho intramolecular Hbond substituents is 2. The first-order valence-corrected chi connectivity index (χ1v) is 6.73. The minimum absolute atomic E-state index is 0.106. The van der Waals surface area contributed by atoms with Gasteiger partial charge in [0.05, 0.1) is 0 Å². The van der Waals surface area contributed by atoms with Crippen LogP contribution in [0.2, 0.25) is 0 Å². The second-order valence-corrected chi connectivity index (χ2v) is 5.26. The summed E-state index contributed by atoms with van der Waals surface area (Å²) in [4.78, 5) is 0. The molecule has 4 heteroatoms. The minimum atomic E-state index is 0.106. The van der Waals surface area contributed by atoms with Gasteiger partial charge in [-0.15, -0.1) is 0 Å². The highest BCUT2D eigenvalue weighted by Gasteiger charge is 2.13. The molecule has 1 heterocycles. The van der Waals surface area contributed by atoms with Crippen LogP contribution in [0.15, 0.2) is 18.2 Å². The SMILES string of the molecule is Oc1ccc(CNC2CCCSC2)c(O)c1. The standard InChI is InChI=1S/C12H17NO2S/c14-11-4-3-9(12(15)6-11)7-13-10-2-1-5-16-8-10/h3-4,6,10,13-15H,1-2,5,7-8H2. The first kappa shape index (κ1) is 11.6. The lowest BCUT2D eigenvalue weighted by atomic mass is 10.1. The Bertz CT molecular complexity index is 351. The van der Waals surface area contributed by atoms with Crippen molar-refractivity contribution in [1.82, 2.24) is 5.32 Å². The van der Waals surface area contributed by atoms with Crippen molar-refractivity contribution in [3.05, 3.63) is 23.8 Å². The highest BCUT2D eigenvalue weighted by atomic mass is 32.2. The molecule has 0 spiro atoms. The number of phenols is 2. The Kier molecular flexibility index (Phi) is 3.96. The fourth-order valence-electron chi connectivity index (χ4n) is 1.86. The van der Waals surface area contributed by atoms with E-state index in [9.17, 15) is 10.2 Å². The van der Waals surface area contributed by atoms with Crippen molar-refractivity contribution in [3.8, 4) is 11.5 Å². The molecule has 3 nitrogen and oxygen atoms in total. The smallest absolute Gasteiger partial charge is 0.123 e. The quantitative estimate of drug-likeness (QED) is 0.756. The van der Waals surface area contributed by atoms with E-state index in [0.717, 1.165) is 11.3 Å². The maximum absolute atomic E-state index is 9.62. The van der Waals surface area contributed by atoms with Gasteiger partial charge >= 0.3 is 0 Å². The molecule has 88 valence electrons. The fraction of sp³-hybridized carbons (Fsp3) is 0.500. The van der Waals surface area contributed by atoms with E-state index in [0.29, 0.717) is 12.6 Å². The zero-order valence-corrected chi connectivity index (χ0v) is 9.96. The third kappa shape index (κ3) is 3.06. The second kappa shape index (κ2) is 5.46. The molecule has 1 aromatic carbocycles. The molecule has 16 heavy (non-hydrogen) atoms. The van der Waals surface area contributed by atoms with E-state index in [1.807, 2.05) is 11.8 Å². The Balaban J connectivity index is 1.88. The predicted molar refractivity (Wildman–Crippen MR) is 67.0 cm³/mol. The zero-order valence-electron chi connectivity index (χ0n) is 9.15. The third-order valence-corrected chi connectivity index (χ3v) is 4.03. The Morgan fingerprint density at radius 2 is 2.25 bits per heavy atom. The van der Waals surface area contributed by atoms with Gasteiger partial charge in [0.25, 0.3) is 0 Å². The molecule has 1 fully saturated rings. The average molecular weight is 239 g/mol. The molecule has 1 aliphatic rings. The molecule has 0 aliphatic carbocycles. The monoisotopic (exact) mass is 239 g/mol. The van der Waals surface area contributed by atoms with Crippen molar-refractivity contribution in [2.24, 2.45) is 0 Å². The summed E-state index contributed by atoms with van der Waals surface area (Å²) in [5.41, 5.74) is 0.841. The van der Waals surface area contributed by atoms with Crippen LogP contribution < -0.4 is 5.32 Å². The van der Waals surface area contributed by atoms with Crippen molar-refractivity contribution in [2.75, 3.05) is 11.5 Å². The zero-order chi connectivity index (χ0) is 11.4. The molecule has 0 bridgehead atoms. The second-order valence-electron chi connectivity index (χ2n) is 4.11. The van der Waals surface area contributed by atoms with Gasteiger partial charge in [-0.25, -0.2) is 0 Å². The van der Waals surface area contributed by atoms with E-state index < -0.39 is 0 Å². The van der Waals surface area contributed by atoms with Crippen LogP contribution in [0.4, 0.5) is 0 Å². The van der Waals surface area contributed by atoms with E-state index in [2.05, 4.69) is 5.32 Å². The van der Waals surface area contributed by atoms with Gasteiger partial charge in [0, 0.05) is 30.0 Å². The molecule has 0 amide bonds. The maximum atomic E-state index is 9.62. The third-order valence-electron chi connectivity index (χ3n) is 2.81. The summed E-state index contributed by atoms with van der Waals surface area (Å²) in [6.45, 7) is 0.664. The summed E-state index contributed by atoms with van der Waals surface area (Å²) >= 11 is 1.98. The molecule has 1 saturated heterocycles. The van der Waals surface area contributed by atoms with Gasteiger partial charge in [0.1, 0.15) is 11.5 Å². The van der Waals surface area contributed by atoms with Gasteiger partial charge in [-0.1, -0.05) is 6.07 Å². The topological polar surface area (TPSA) is 52.5 Å². The normalized spacial score (nSPS) is 20.9. The van der Waals surface area contributed by atoms with Crippen molar-refractivity contribution in [3.63, 3.8) is 0 Å². The Morgan fingerprint density at radius 3 is 2.94 bits per heavy atom. The molecule has 0 radical (unpaired) electrons. The van der Waals surface area contributed by atoms with E-state index in [1.54, 1.807) is 12.1 Å². The Labute approximate surface area is 99.9 Å². The van der Waals surface area contributed by atoms with Crippen molar-refractivity contribution in [1.29, 1.82) is 0 Å². The van der Waals surface area contributed by atoms with Crippen LogP contribution in [-0.2, 0) is 6.54 Å². The minimum Gasteiger partial charge on any atom is -0.508 e. The number of rotatable bonds is 3. The van der Waals surface area contributed by atoms with E-state index in [1.165, 1.54) is 24.7 Å². The van der Waals surface area contributed by atoms with Gasteiger partial charge in [0.15, 0.2) is 0 Å². The van der Waals surface area contributed by atoms with Crippen LogP contribution in [0, 0.1) is 0 Å². The molecule has 1 atom stereocenters. The Morgan fingerprint density at radius 1 is 1.38 bits per heavy atom. The lowest BCUT2D eigenvalue weighted by Crippen LogP contribution is -2.33. The lowest BCUT2D eigenvalue weighted by Gasteiger charge is -2.22. The first-order valence-electron chi connectivity index (χ1n) is 5.57. The van der Waals surface area contributed by atoms with Crippen molar-refractivity contribution < 1.29 is 10.2 Å². The average Bonchev–Trinajstić information content (AvgIpc) is 2.29. The molecular formula is C12H17NO2S. The van der Waals surface area contributed by atoms with Crippen molar-refractivity contribution in [2.45, 2.75) is 25.4 Å². The molecule has 1 aliphatic heterocycles. The van der Waals surface area contributed by atoms with Gasteiger partial charge < -0.3 is 15.5 Å². The van der Waals surface area contributed by atoms with Crippen LogP contribution in [-0.4, -0.2) is 27.8 Å². The summed E-state index contributed by atoms with van der Waals surface area (Å²) in [7, 11) is 0. The van der Waals surface area contributed by atoms with Gasteiger partial charge in [0.2, 0.25) is 0 Å². The Hall–Kier alpha value is -0.870. The summed E-state index contributed by atoms with van der Waals surface area (Å²) in [5, 5.41) is 22.2. The molecular weight excluding hydrogens is 222 g/mol. The van der Waals surface area contributed by atoms with Gasteiger partial charge in [-0.3, -0.25) is 0 Å². The van der Waals surface area contributed by atoms with Crippen LogP contribution in [0.5, 0.6) is 11.5 Å². The van der Waals surface area contributed by atoms with E-state index >= 15 is 0 Å². The van der Waals surface area contributed by atoms with E-state index in [4.69, 9.17) is 0 Å². The van der Waals surface area contributed by atoms with Crippen LogP contribution in [0.1, 0.15) is 18.4 Å². The molecule has 3 N–H and O–H groups in total. The maximum Gasteiger partial charge on any atom is 0.123 e. The van der Waals surface area contributed by atoms with Crippen LogP contribution >= 0.6 is 11.8 Å². The largest absolute Gasteiger partial charge is 0.508 e. The fourth-order valence-corrected chi connectivity index (χ4v) is 2.96. The van der Waals surface area contributed by atoms with Crippen LogP contribution in [0.25, 0.3) is 0 Å². The van der Waals surface area contributed by atoms with Crippen LogP contribution in [0.3, 0.4) is 0 Å². The highest BCUT2D eigenvalue weighted by Crippen LogP contribution is 2.23. The number of nitrogens with one attached hydrogen (secondary N) is 1. The summed E-state index contributed by atoms with van der Waals surface area (Å²) in [5.74, 6) is 2.69. The van der Waals surface area contributed by atoms with E-state index in [-0.39, 0.29) is 11.5 Å². The summed E-state index contributed by atoms with van der Waals surface area (Å²) in [6.07, 6.45) is 2.48. The first-order chi connectivity index (χ1) is 7.75. The number of aromatic hydroxyl groups is 2. The highest BCUT2D eigenvalue weighted by molar-refractivity contribution is 7.99. The summed E-state index contributed by atoms with van der Waals surface area (Å²) < 4.78 is 0. The molecule has 2 rings (SSSR count). The molecule has 1 unspecified atom stereocenters. The van der Waals surface area contributed by atoms with Crippen molar-refractivity contribution >= 4 is 11.8 Å². The summed E-state index contributed by atoms with van der Waals surface area (Å²) in [6, 6.07) is 5.29. The number of hydrogen-bond acceptors (Lipinski definition) is 4. The number of thioether (sulfide) groups is 1. The predicted octanol–water partition coefficient (Wildman–Crippen LogP) is 2.08. The van der Waals surface area contributed by atoms with Gasteiger partial charge in [-0.2, -0.15) is 11.8 Å².